The van der Waals surface area contributed by atoms with Gasteiger partial charge in [0.05, 0.1) is 40.1 Å². The summed E-state index contributed by atoms with van der Waals surface area (Å²) < 4.78 is 16.1. The predicted molar refractivity (Wildman–Crippen MR) is 71.8 cm³/mol. The third kappa shape index (κ3) is 3.00. The molecule has 1 aliphatic rings. The predicted octanol–water partition coefficient (Wildman–Crippen LogP) is 1.07. The van der Waals surface area contributed by atoms with Gasteiger partial charge in [0.2, 0.25) is 0 Å². The van der Waals surface area contributed by atoms with Gasteiger partial charge in [-0.15, -0.1) is 0 Å². The molecular formula is C14H21NO4. The molecule has 106 valence electrons. The molecule has 1 atom stereocenters. The molecule has 1 aliphatic heterocycles. The number of nitrogens with zero attached hydrogens (tertiary/aromatic N) is 1. The smallest absolute Gasteiger partial charge is 0.165 e. The van der Waals surface area contributed by atoms with Crippen molar-refractivity contribution in [2.75, 3.05) is 47.1 Å². The summed E-state index contributed by atoms with van der Waals surface area (Å²) in [5.41, 5.74) is 0.950. The first kappa shape index (κ1) is 14.1. The maximum absolute atomic E-state index is 9.74. The Morgan fingerprint density at radius 1 is 1.26 bits per heavy atom. The lowest BCUT2D eigenvalue weighted by atomic mass is 10.0. The van der Waals surface area contributed by atoms with E-state index < -0.39 is 0 Å². The molecule has 1 N–H and O–H groups in total. The van der Waals surface area contributed by atoms with Crippen molar-refractivity contribution in [2.24, 2.45) is 0 Å². The average molecular weight is 267 g/mol. The lowest BCUT2D eigenvalue weighted by Crippen LogP contribution is -2.40. The molecular weight excluding hydrogens is 246 g/mol. The summed E-state index contributed by atoms with van der Waals surface area (Å²) in [6.07, 6.45) is 0. The number of rotatable bonds is 5. The number of methoxy groups -OCH3 is 2. The first-order valence-electron chi connectivity index (χ1n) is 6.45. The first-order chi connectivity index (χ1) is 9.31. The highest BCUT2D eigenvalue weighted by molar-refractivity contribution is 5.48. The van der Waals surface area contributed by atoms with E-state index in [0.717, 1.165) is 18.7 Å². The van der Waals surface area contributed by atoms with Gasteiger partial charge in [0, 0.05) is 18.7 Å². The van der Waals surface area contributed by atoms with E-state index in [-0.39, 0.29) is 12.6 Å². The molecule has 1 aromatic rings. The fraction of sp³-hybridized carbons (Fsp3) is 0.571. The number of hydrogen-bond acceptors (Lipinski definition) is 5. The lowest BCUT2D eigenvalue weighted by Gasteiger charge is -2.34. The van der Waals surface area contributed by atoms with Gasteiger partial charge >= 0.3 is 0 Å². The zero-order chi connectivity index (χ0) is 13.7. The molecule has 0 saturated carbocycles. The molecule has 1 saturated heterocycles. The van der Waals surface area contributed by atoms with Crippen LogP contribution in [0.15, 0.2) is 18.2 Å². The summed E-state index contributed by atoms with van der Waals surface area (Å²) in [6, 6.07) is 5.65. The molecule has 5 heteroatoms. The van der Waals surface area contributed by atoms with E-state index in [1.54, 1.807) is 14.2 Å². The van der Waals surface area contributed by atoms with Crippen molar-refractivity contribution in [3.8, 4) is 11.5 Å². The minimum atomic E-state index is -0.0889. The van der Waals surface area contributed by atoms with Crippen molar-refractivity contribution in [3.05, 3.63) is 23.8 Å². The Bertz CT molecular complexity index is 404. The second-order valence-corrected chi connectivity index (χ2v) is 4.43. The Kier molecular flexibility index (Phi) is 5.01. The van der Waals surface area contributed by atoms with Gasteiger partial charge in [-0.3, -0.25) is 4.90 Å². The third-order valence-corrected chi connectivity index (χ3v) is 3.45. The summed E-state index contributed by atoms with van der Waals surface area (Å²) in [5.74, 6) is 1.38. The minimum Gasteiger partial charge on any atom is -0.493 e. The highest BCUT2D eigenvalue weighted by atomic mass is 16.5. The van der Waals surface area contributed by atoms with Crippen LogP contribution in [0.1, 0.15) is 11.6 Å². The van der Waals surface area contributed by atoms with Gasteiger partial charge in [0.25, 0.3) is 0 Å². The Morgan fingerprint density at radius 3 is 2.58 bits per heavy atom. The largest absolute Gasteiger partial charge is 0.493 e. The fourth-order valence-corrected chi connectivity index (χ4v) is 2.47. The van der Waals surface area contributed by atoms with E-state index in [9.17, 15) is 5.11 Å². The van der Waals surface area contributed by atoms with Crippen molar-refractivity contribution in [2.45, 2.75) is 6.04 Å². The molecule has 0 aromatic heterocycles. The van der Waals surface area contributed by atoms with Gasteiger partial charge in [0.1, 0.15) is 0 Å². The van der Waals surface area contributed by atoms with Crippen LogP contribution in [0.25, 0.3) is 0 Å². The molecule has 0 bridgehead atoms. The SMILES string of the molecule is COc1cccc([C@H](CO)N2CCOCC2)c1OC. The standard InChI is InChI=1S/C14H21NO4/c1-17-13-5-3-4-11(14(13)18-2)12(10-16)15-6-8-19-9-7-15/h3-5,12,16H,6-10H2,1-2H3/t12-/m0/s1. The van der Waals surface area contributed by atoms with E-state index in [4.69, 9.17) is 14.2 Å². The van der Waals surface area contributed by atoms with Crippen molar-refractivity contribution in [1.82, 2.24) is 4.90 Å². The zero-order valence-corrected chi connectivity index (χ0v) is 11.5. The Balaban J connectivity index is 2.31. The maximum Gasteiger partial charge on any atom is 0.165 e. The third-order valence-electron chi connectivity index (χ3n) is 3.45. The first-order valence-corrected chi connectivity index (χ1v) is 6.45. The number of aliphatic hydroxyl groups is 1. The summed E-state index contributed by atoms with van der Waals surface area (Å²) in [7, 11) is 3.24. The molecule has 1 heterocycles. The Morgan fingerprint density at radius 2 is 2.00 bits per heavy atom. The molecule has 0 amide bonds. The summed E-state index contributed by atoms with van der Waals surface area (Å²) in [5, 5.41) is 9.74. The number of para-hydroxylation sites is 1. The quantitative estimate of drug-likeness (QED) is 0.865. The monoisotopic (exact) mass is 267 g/mol. The normalized spacial score (nSPS) is 18.1. The van der Waals surface area contributed by atoms with Crippen LogP contribution >= 0.6 is 0 Å². The van der Waals surface area contributed by atoms with Gasteiger partial charge in [0.15, 0.2) is 11.5 Å². The van der Waals surface area contributed by atoms with Crippen LogP contribution in [-0.2, 0) is 4.74 Å². The molecule has 5 nitrogen and oxygen atoms in total. The van der Waals surface area contributed by atoms with Gasteiger partial charge in [-0.25, -0.2) is 0 Å². The number of aliphatic hydroxyl groups excluding tert-OH is 1. The van der Waals surface area contributed by atoms with Gasteiger partial charge in [-0.1, -0.05) is 12.1 Å². The maximum atomic E-state index is 9.74. The van der Waals surface area contributed by atoms with Gasteiger partial charge < -0.3 is 19.3 Å². The topological polar surface area (TPSA) is 51.2 Å². The number of morpholine rings is 1. The van der Waals surface area contributed by atoms with Crippen LogP contribution in [0.4, 0.5) is 0 Å². The van der Waals surface area contributed by atoms with Crippen LogP contribution in [-0.4, -0.2) is 57.1 Å². The van der Waals surface area contributed by atoms with E-state index in [2.05, 4.69) is 4.90 Å². The molecule has 0 aliphatic carbocycles. The average Bonchev–Trinajstić information content (AvgIpc) is 2.48. The second kappa shape index (κ2) is 6.75. The van der Waals surface area contributed by atoms with E-state index in [1.807, 2.05) is 18.2 Å². The van der Waals surface area contributed by atoms with Crippen molar-refractivity contribution in [1.29, 1.82) is 0 Å². The second-order valence-electron chi connectivity index (χ2n) is 4.43. The van der Waals surface area contributed by atoms with Crippen LogP contribution in [0, 0.1) is 0 Å². The highest BCUT2D eigenvalue weighted by Gasteiger charge is 2.25. The van der Waals surface area contributed by atoms with Gasteiger partial charge in [-0.2, -0.15) is 0 Å². The summed E-state index contributed by atoms with van der Waals surface area (Å²) >= 11 is 0. The van der Waals surface area contributed by atoms with Crippen LogP contribution in [0.2, 0.25) is 0 Å². The van der Waals surface area contributed by atoms with E-state index >= 15 is 0 Å². The Labute approximate surface area is 113 Å². The summed E-state index contributed by atoms with van der Waals surface area (Å²) in [6.45, 7) is 3.06. The number of ether oxygens (including phenoxy) is 3. The number of benzene rings is 1. The van der Waals surface area contributed by atoms with Crippen LogP contribution in [0.5, 0.6) is 11.5 Å². The minimum absolute atomic E-state index is 0.0452. The molecule has 1 fully saturated rings. The number of hydrogen-bond donors (Lipinski definition) is 1. The van der Waals surface area contributed by atoms with Crippen molar-refractivity contribution < 1.29 is 19.3 Å². The van der Waals surface area contributed by atoms with Crippen molar-refractivity contribution >= 4 is 0 Å². The molecule has 1 aromatic carbocycles. The summed E-state index contributed by atoms with van der Waals surface area (Å²) in [4.78, 5) is 2.21. The van der Waals surface area contributed by atoms with Crippen molar-refractivity contribution in [3.63, 3.8) is 0 Å². The molecule has 0 spiro atoms. The van der Waals surface area contributed by atoms with Crippen LogP contribution in [0.3, 0.4) is 0 Å². The zero-order valence-electron chi connectivity index (χ0n) is 11.5. The fourth-order valence-electron chi connectivity index (χ4n) is 2.47. The highest BCUT2D eigenvalue weighted by Crippen LogP contribution is 2.36. The molecule has 2 rings (SSSR count). The molecule has 0 radical (unpaired) electrons. The lowest BCUT2D eigenvalue weighted by molar-refractivity contribution is 0.00198. The van der Waals surface area contributed by atoms with Crippen LogP contribution < -0.4 is 9.47 Å². The van der Waals surface area contributed by atoms with E-state index in [0.29, 0.717) is 24.7 Å². The molecule has 0 unspecified atom stereocenters. The van der Waals surface area contributed by atoms with E-state index in [1.165, 1.54) is 0 Å². The molecule has 19 heavy (non-hydrogen) atoms. The Hall–Kier alpha value is -1.30. The van der Waals surface area contributed by atoms with Gasteiger partial charge in [-0.05, 0) is 6.07 Å².